The van der Waals surface area contributed by atoms with Gasteiger partial charge < -0.3 is 15.0 Å². The lowest BCUT2D eigenvalue weighted by Crippen LogP contribution is -2.48. The van der Waals surface area contributed by atoms with Gasteiger partial charge in [-0.3, -0.25) is 0 Å². The zero-order chi connectivity index (χ0) is 14.5. The van der Waals surface area contributed by atoms with Crippen LogP contribution in [0.4, 0.5) is 0 Å². The van der Waals surface area contributed by atoms with Gasteiger partial charge in [0.15, 0.2) is 0 Å². The third-order valence-corrected chi connectivity index (χ3v) is 5.02. The summed E-state index contributed by atoms with van der Waals surface area (Å²) in [5.41, 5.74) is 1.51. The highest BCUT2D eigenvalue weighted by Gasteiger charge is 2.30. The molecule has 1 heterocycles. The maximum absolute atomic E-state index is 5.88. The van der Waals surface area contributed by atoms with Crippen LogP contribution in [-0.2, 0) is 4.74 Å². The second-order valence-corrected chi connectivity index (χ2v) is 6.51. The molecule has 3 rings (SSSR count). The molecule has 0 radical (unpaired) electrons. The fourth-order valence-electron chi connectivity index (χ4n) is 3.92. The first kappa shape index (κ1) is 15.0. The first-order valence-electron chi connectivity index (χ1n) is 8.42. The molecule has 1 aliphatic heterocycles. The Kier molecular flexibility index (Phi) is 5.28. The predicted molar refractivity (Wildman–Crippen MR) is 86.7 cm³/mol. The highest BCUT2D eigenvalue weighted by atomic mass is 16.5. The van der Waals surface area contributed by atoms with Crippen molar-refractivity contribution in [1.29, 1.82) is 0 Å². The molecule has 1 aromatic carbocycles. The van der Waals surface area contributed by atoms with Crippen molar-refractivity contribution in [3.63, 3.8) is 0 Å². The van der Waals surface area contributed by atoms with Gasteiger partial charge in [0.2, 0.25) is 0 Å². The van der Waals surface area contributed by atoms with E-state index in [1.807, 2.05) is 0 Å². The van der Waals surface area contributed by atoms with Crippen molar-refractivity contribution in [2.24, 2.45) is 0 Å². The van der Waals surface area contributed by atoms with E-state index in [1.165, 1.54) is 31.2 Å². The lowest BCUT2D eigenvalue weighted by molar-refractivity contribution is -0.00251. The van der Waals surface area contributed by atoms with E-state index in [9.17, 15) is 0 Å². The minimum absolute atomic E-state index is 0.349. The van der Waals surface area contributed by atoms with Gasteiger partial charge in [-0.15, -0.1) is 0 Å². The van der Waals surface area contributed by atoms with Crippen molar-refractivity contribution < 1.29 is 4.74 Å². The standard InChI is InChI=1S/C18H28N2O/c1-20(14-16-13-19-11-12-21-16)18-10-6-5-9-17(18)15-7-3-2-4-8-15/h2-4,7-8,16-19H,5-6,9-14H2,1H3. The third kappa shape index (κ3) is 3.85. The summed E-state index contributed by atoms with van der Waals surface area (Å²) in [5.74, 6) is 0.682. The highest BCUT2D eigenvalue weighted by molar-refractivity contribution is 5.22. The van der Waals surface area contributed by atoms with Crippen molar-refractivity contribution in [3.8, 4) is 0 Å². The number of ether oxygens (including phenoxy) is 1. The van der Waals surface area contributed by atoms with Crippen LogP contribution in [0.25, 0.3) is 0 Å². The van der Waals surface area contributed by atoms with E-state index in [0.29, 0.717) is 18.1 Å². The van der Waals surface area contributed by atoms with Crippen LogP contribution >= 0.6 is 0 Å². The summed E-state index contributed by atoms with van der Waals surface area (Å²) in [6.07, 6.45) is 5.72. The third-order valence-electron chi connectivity index (χ3n) is 5.02. The molecule has 116 valence electrons. The molecule has 0 aromatic heterocycles. The van der Waals surface area contributed by atoms with Crippen molar-refractivity contribution in [2.45, 2.75) is 43.7 Å². The number of likely N-dealkylation sites (N-methyl/N-ethyl adjacent to an activating group) is 1. The van der Waals surface area contributed by atoms with E-state index in [0.717, 1.165) is 26.2 Å². The van der Waals surface area contributed by atoms with E-state index >= 15 is 0 Å². The number of benzene rings is 1. The lowest BCUT2D eigenvalue weighted by Gasteiger charge is -2.40. The van der Waals surface area contributed by atoms with Gasteiger partial charge in [0, 0.05) is 25.7 Å². The maximum Gasteiger partial charge on any atom is 0.0826 e. The summed E-state index contributed by atoms with van der Waals surface area (Å²) in [4.78, 5) is 2.55. The molecule has 1 aliphatic carbocycles. The molecule has 3 nitrogen and oxygen atoms in total. The smallest absolute Gasteiger partial charge is 0.0826 e. The number of hydrogen-bond acceptors (Lipinski definition) is 3. The van der Waals surface area contributed by atoms with E-state index in [4.69, 9.17) is 4.74 Å². The van der Waals surface area contributed by atoms with Crippen molar-refractivity contribution in [2.75, 3.05) is 33.3 Å². The zero-order valence-electron chi connectivity index (χ0n) is 13.1. The average molecular weight is 288 g/mol. The molecule has 1 saturated carbocycles. The molecule has 1 aromatic rings. The molecule has 1 N–H and O–H groups in total. The quantitative estimate of drug-likeness (QED) is 0.922. The Morgan fingerprint density at radius 1 is 1.19 bits per heavy atom. The Morgan fingerprint density at radius 2 is 2.00 bits per heavy atom. The number of hydrogen-bond donors (Lipinski definition) is 1. The van der Waals surface area contributed by atoms with Gasteiger partial charge in [0.1, 0.15) is 0 Å². The molecule has 0 spiro atoms. The molecule has 1 saturated heterocycles. The van der Waals surface area contributed by atoms with E-state index in [1.54, 1.807) is 0 Å². The lowest BCUT2D eigenvalue weighted by atomic mass is 9.79. The number of nitrogens with zero attached hydrogens (tertiary/aromatic N) is 1. The molecule has 3 unspecified atom stereocenters. The topological polar surface area (TPSA) is 24.5 Å². The van der Waals surface area contributed by atoms with Gasteiger partial charge in [-0.1, -0.05) is 43.2 Å². The minimum atomic E-state index is 0.349. The minimum Gasteiger partial charge on any atom is -0.374 e. The van der Waals surface area contributed by atoms with Crippen LogP contribution < -0.4 is 5.32 Å². The fourth-order valence-corrected chi connectivity index (χ4v) is 3.92. The maximum atomic E-state index is 5.88. The van der Waals surface area contributed by atoms with Gasteiger partial charge in [-0.05, 0) is 31.4 Å². The summed E-state index contributed by atoms with van der Waals surface area (Å²) < 4.78 is 5.88. The Bertz CT molecular complexity index is 416. The molecule has 3 heteroatoms. The average Bonchev–Trinajstić information content (AvgIpc) is 2.56. The fraction of sp³-hybridized carbons (Fsp3) is 0.667. The SMILES string of the molecule is CN(CC1CNCCO1)C1CCCCC1c1ccccc1. The van der Waals surface area contributed by atoms with Crippen LogP contribution in [0, 0.1) is 0 Å². The summed E-state index contributed by atoms with van der Waals surface area (Å²) in [6, 6.07) is 11.7. The van der Waals surface area contributed by atoms with Crippen LogP contribution in [-0.4, -0.2) is 50.3 Å². The Morgan fingerprint density at radius 3 is 2.76 bits per heavy atom. The van der Waals surface area contributed by atoms with Crippen LogP contribution in [0.3, 0.4) is 0 Å². The Balaban J connectivity index is 1.65. The van der Waals surface area contributed by atoms with Crippen molar-refractivity contribution >= 4 is 0 Å². The van der Waals surface area contributed by atoms with Gasteiger partial charge >= 0.3 is 0 Å². The van der Waals surface area contributed by atoms with Crippen molar-refractivity contribution in [3.05, 3.63) is 35.9 Å². The largest absolute Gasteiger partial charge is 0.374 e. The Labute approximate surface area is 128 Å². The first-order valence-corrected chi connectivity index (χ1v) is 8.42. The molecule has 0 amide bonds. The second-order valence-electron chi connectivity index (χ2n) is 6.51. The number of rotatable bonds is 4. The van der Waals surface area contributed by atoms with Crippen LogP contribution in [0.2, 0.25) is 0 Å². The van der Waals surface area contributed by atoms with Gasteiger partial charge in [0.05, 0.1) is 12.7 Å². The molecule has 2 aliphatic rings. The van der Waals surface area contributed by atoms with Gasteiger partial charge in [-0.25, -0.2) is 0 Å². The van der Waals surface area contributed by atoms with Crippen molar-refractivity contribution in [1.82, 2.24) is 10.2 Å². The summed E-state index contributed by atoms with van der Waals surface area (Å²) >= 11 is 0. The Hall–Kier alpha value is -0.900. The van der Waals surface area contributed by atoms with Gasteiger partial charge in [-0.2, -0.15) is 0 Å². The van der Waals surface area contributed by atoms with Crippen LogP contribution in [0.15, 0.2) is 30.3 Å². The molecule has 3 atom stereocenters. The number of morpholine rings is 1. The molecular formula is C18H28N2O. The predicted octanol–water partition coefficient (Wildman–Crippen LogP) is 2.63. The van der Waals surface area contributed by atoms with E-state index in [2.05, 4.69) is 47.6 Å². The second kappa shape index (κ2) is 7.39. The molecular weight excluding hydrogens is 260 g/mol. The first-order chi connectivity index (χ1) is 10.3. The molecule has 0 bridgehead atoms. The summed E-state index contributed by atoms with van der Waals surface area (Å²) in [7, 11) is 2.28. The summed E-state index contributed by atoms with van der Waals surface area (Å²) in [6.45, 7) is 3.88. The monoisotopic (exact) mass is 288 g/mol. The van der Waals surface area contributed by atoms with E-state index < -0.39 is 0 Å². The normalized spacial score (nSPS) is 30.5. The van der Waals surface area contributed by atoms with Gasteiger partial charge in [0.25, 0.3) is 0 Å². The summed E-state index contributed by atoms with van der Waals surface area (Å²) in [5, 5.41) is 3.43. The number of nitrogens with one attached hydrogen (secondary N) is 1. The zero-order valence-corrected chi connectivity index (χ0v) is 13.1. The van der Waals surface area contributed by atoms with Crippen LogP contribution in [0.5, 0.6) is 0 Å². The van der Waals surface area contributed by atoms with Crippen LogP contribution in [0.1, 0.15) is 37.2 Å². The molecule has 21 heavy (non-hydrogen) atoms. The van der Waals surface area contributed by atoms with E-state index in [-0.39, 0.29) is 0 Å². The molecule has 2 fully saturated rings. The highest BCUT2D eigenvalue weighted by Crippen LogP contribution is 2.35.